The first kappa shape index (κ1) is 12.6. The molecular weight excluding hydrogens is 230 g/mol. The van der Waals surface area contributed by atoms with Gasteiger partial charge in [0.2, 0.25) is 0 Å². The lowest BCUT2D eigenvalue weighted by atomic mass is 10.2. The normalized spacial score (nSPS) is 10.3. The van der Waals surface area contributed by atoms with Crippen LogP contribution in [0.1, 0.15) is 19.3 Å². The largest absolute Gasteiger partial charge is 0.369 e. The first-order valence-corrected chi connectivity index (χ1v) is 6.80. The van der Waals surface area contributed by atoms with Crippen LogP contribution in [-0.2, 0) is 0 Å². The second-order valence-corrected chi connectivity index (χ2v) is 4.59. The fraction of sp³-hybridized carbons (Fsp3) is 0.600. The number of nitrogens with one attached hydrogen (secondary N) is 1. The van der Waals surface area contributed by atoms with Crippen molar-refractivity contribution in [1.82, 2.24) is 9.97 Å². The van der Waals surface area contributed by atoms with E-state index in [1.165, 1.54) is 24.9 Å². The van der Waals surface area contributed by atoms with Crippen LogP contribution in [0.2, 0.25) is 5.02 Å². The predicted octanol–water partition coefficient (Wildman–Crippen LogP) is 3.08. The van der Waals surface area contributed by atoms with Gasteiger partial charge >= 0.3 is 0 Å². The van der Waals surface area contributed by atoms with Crippen LogP contribution < -0.4 is 5.32 Å². The average Bonchev–Trinajstić information content (AvgIpc) is 2.25. The van der Waals surface area contributed by atoms with E-state index < -0.39 is 0 Å². The highest BCUT2D eigenvalue weighted by atomic mass is 35.5. The number of anilines is 1. The lowest BCUT2D eigenvalue weighted by Crippen LogP contribution is -2.04. The van der Waals surface area contributed by atoms with E-state index in [-0.39, 0.29) is 0 Å². The zero-order valence-electron chi connectivity index (χ0n) is 8.87. The lowest BCUT2D eigenvalue weighted by Gasteiger charge is -2.05. The number of unbranched alkanes of at least 4 members (excludes halogenated alkanes) is 2. The number of aromatic nitrogens is 2. The summed E-state index contributed by atoms with van der Waals surface area (Å²) in [6.45, 7) is 0.922. The van der Waals surface area contributed by atoms with E-state index in [9.17, 15) is 0 Å². The fourth-order valence-corrected chi connectivity index (χ4v) is 1.86. The molecule has 1 rings (SSSR count). The van der Waals surface area contributed by atoms with Crippen molar-refractivity contribution in [2.75, 3.05) is 23.9 Å². The molecule has 0 unspecified atom stereocenters. The molecule has 0 aromatic carbocycles. The Morgan fingerprint density at radius 2 is 2.27 bits per heavy atom. The number of hydrogen-bond donors (Lipinski definition) is 1. The number of thioether (sulfide) groups is 1. The van der Waals surface area contributed by atoms with Crippen molar-refractivity contribution in [3.05, 3.63) is 17.5 Å². The maximum absolute atomic E-state index is 5.90. The van der Waals surface area contributed by atoms with Gasteiger partial charge in [0.25, 0.3) is 0 Å². The van der Waals surface area contributed by atoms with E-state index in [1.807, 2.05) is 11.8 Å². The molecule has 1 aromatic rings. The Hall–Kier alpha value is -0.480. The second-order valence-electron chi connectivity index (χ2n) is 3.20. The smallest absolute Gasteiger partial charge is 0.148 e. The van der Waals surface area contributed by atoms with Crippen molar-refractivity contribution < 1.29 is 0 Å². The Morgan fingerprint density at radius 3 is 3.00 bits per heavy atom. The molecule has 1 aromatic heterocycles. The van der Waals surface area contributed by atoms with Gasteiger partial charge in [-0.25, -0.2) is 9.97 Å². The number of halogens is 1. The van der Waals surface area contributed by atoms with Crippen molar-refractivity contribution >= 4 is 29.2 Å². The van der Waals surface area contributed by atoms with Gasteiger partial charge in [0, 0.05) is 6.54 Å². The Kier molecular flexibility index (Phi) is 6.52. The highest BCUT2D eigenvalue weighted by molar-refractivity contribution is 7.98. The molecule has 0 spiro atoms. The molecule has 0 bridgehead atoms. The molecule has 0 atom stereocenters. The summed E-state index contributed by atoms with van der Waals surface area (Å²) in [7, 11) is 0. The Morgan fingerprint density at radius 1 is 1.40 bits per heavy atom. The number of rotatable bonds is 7. The molecule has 0 aliphatic rings. The zero-order valence-corrected chi connectivity index (χ0v) is 10.4. The summed E-state index contributed by atoms with van der Waals surface area (Å²) < 4.78 is 0. The third kappa shape index (κ3) is 5.23. The van der Waals surface area contributed by atoms with Gasteiger partial charge in [0.15, 0.2) is 0 Å². The Labute approximate surface area is 100 Å². The van der Waals surface area contributed by atoms with Crippen LogP contribution in [0.25, 0.3) is 0 Å². The Balaban J connectivity index is 2.12. The highest BCUT2D eigenvalue weighted by Gasteiger charge is 1.98. The summed E-state index contributed by atoms with van der Waals surface area (Å²) in [6, 6.07) is 0. The summed E-state index contributed by atoms with van der Waals surface area (Å²) in [6.07, 6.45) is 8.92. The molecule has 0 amide bonds. The quantitative estimate of drug-likeness (QED) is 0.750. The highest BCUT2D eigenvalue weighted by Crippen LogP contribution is 2.15. The predicted molar refractivity (Wildman–Crippen MR) is 67.8 cm³/mol. The van der Waals surface area contributed by atoms with Crippen LogP contribution in [0.15, 0.2) is 12.5 Å². The monoisotopic (exact) mass is 245 g/mol. The standard InChI is InChI=1S/C10H16ClN3S/c1-15-6-4-2-3-5-13-10-9(11)7-12-8-14-10/h7-8H,2-6H2,1H3,(H,12,13,14). The summed E-state index contributed by atoms with van der Waals surface area (Å²) in [5.74, 6) is 1.98. The van der Waals surface area contributed by atoms with Crippen LogP contribution in [0.3, 0.4) is 0 Å². The van der Waals surface area contributed by atoms with E-state index >= 15 is 0 Å². The van der Waals surface area contributed by atoms with Gasteiger partial charge < -0.3 is 5.32 Å². The molecule has 15 heavy (non-hydrogen) atoms. The number of nitrogens with zero attached hydrogens (tertiary/aromatic N) is 2. The number of hydrogen-bond acceptors (Lipinski definition) is 4. The summed E-state index contributed by atoms with van der Waals surface area (Å²) in [5, 5.41) is 3.78. The van der Waals surface area contributed by atoms with E-state index in [1.54, 1.807) is 6.20 Å². The molecule has 1 N–H and O–H groups in total. The average molecular weight is 246 g/mol. The van der Waals surface area contributed by atoms with Gasteiger partial charge in [-0.15, -0.1) is 0 Å². The summed E-state index contributed by atoms with van der Waals surface area (Å²) in [4.78, 5) is 7.88. The van der Waals surface area contributed by atoms with Crippen molar-refractivity contribution in [3.8, 4) is 0 Å². The first-order valence-electron chi connectivity index (χ1n) is 5.03. The van der Waals surface area contributed by atoms with Crippen LogP contribution >= 0.6 is 23.4 Å². The maximum atomic E-state index is 5.90. The van der Waals surface area contributed by atoms with Crippen molar-refractivity contribution in [3.63, 3.8) is 0 Å². The lowest BCUT2D eigenvalue weighted by molar-refractivity contribution is 0.748. The van der Waals surface area contributed by atoms with Crippen molar-refractivity contribution in [2.45, 2.75) is 19.3 Å². The molecule has 0 saturated carbocycles. The first-order chi connectivity index (χ1) is 7.34. The van der Waals surface area contributed by atoms with Crippen LogP contribution in [0, 0.1) is 0 Å². The third-order valence-electron chi connectivity index (χ3n) is 1.99. The fourth-order valence-electron chi connectivity index (χ4n) is 1.20. The molecule has 0 fully saturated rings. The molecule has 0 aliphatic heterocycles. The topological polar surface area (TPSA) is 37.8 Å². The summed E-state index contributed by atoms with van der Waals surface area (Å²) in [5.41, 5.74) is 0. The molecule has 5 heteroatoms. The molecule has 0 radical (unpaired) electrons. The van der Waals surface area contributed by atoms with E-state index in [0.29, 0.717) is 5.02 Å². The van der Waals surface area contributed by atoms with Gasteiger partial charge in [-0.1, -0.05) is 18.0 Å². The van der Waals surface area contributed by atoms with E-state index in [4.69, 9.17) is 11.6 Å². The van der Waals surface area contributed by atoms with Crippen LogP contribution in [0.5, 0.6) is 0 Å². The van der Waals surface area contributed by atoms with Gasteiger partial charge in [-0.2, -0.15) is 11.8 Å². The van der Waals surface area contributed by atoms with Crippen LogP contribution in [0.4, 0.5) is 5.82 Å². The minimum Gasteiger partial charge on any atom is -0.369 e. The van der Waals surface area contributed by atoms with E-state index in [0.717, 1.165) is 18.8 Å². The van der Waals surface area contributed by atoms with Crippen LogP contribution in [-0.4, -0.2) is 28.5 Å². The summed E-state index contributed by atoms with van der Waals surface area (Å²) >= 11 is 7.79. The molecule has 84 valence electrons. The molecule has 3 nitrogen and oxygen atoms in total. The minimum absolute atomic E-state index is 0.585. The second kappa shape index (κ2) is 7.77. The van der Waals surface area contributed by atoms with Gasteiger partial charge in [0.05, 0.1) is 6.20 Å². The minimum atomic E-state index is 0.585. The molecular formula is C10H16ClN3S. The zero-order chi connectivity index (χ0) is 10.9. The van der Waals surface area contributed by atoms with Crippen molar-refractivity contribution in [2.24, 2.45) is 0 Å². The molecule has 0 aliphatic carbocycles. The van der Waals surface area contributed by atoms with E-state index in [2.05, 4.69) is 21.5 Å². The molecule has 1 heterocycles. The maximum Gasteiger partial charge on any atom is 0.148 e. The van der Waals surface area contributed by atoms with Crippen molar-refractivity contribution in [1.29, 1.82) is 0 Å². The SMILES string of the molecule is CSCCCCCNc1ncncc1Cl. The third-order valence-corrected chi connectivity index (χ3v) is 2.96. The Bertz CT molecular complexity index is 283. The molecule has 0 saturated heterocycles. The van der Waals surface area contributed by atoms with Gasteiger partial charge in [0.1, 0.15) is 17.2 Å². The van der Waals surface area contributed by atoms with Gasteiger partial charge in [-0.3, -0.25) is 0 Å². The van der Waals surface area contributed by atoms with Gasteiger partial charge in [-0.05, 0) is 24.9 Å².